The van der Waals surface area contributed by atoms with Crippen molar-refractivity contribution < 1.29 is 19.8 Å². The highest BCUT2D eigenvalue weighted by Crippen LogP contribution is 2.19. The number of H-pyrrole nitrogens is 1. The van der Waals surface area contributed by atoms with Crippen molar-refractivity contribution in [1.29, 1.82) is 0 Å². The van der Waals surface area contributed by atoms with Crippen LogP contribution in [-0.2, 0) is 11.2 Å². The number of aromatic nitrogens is 2. The summed E-state index contributed by atoms with van der Waals surface area (Å²) < 4.78 is 0. The Balaban J connectivity index is 1.82. The van der Waals surface area contributed by atoms with Gasteiger partial charge in [0.25, 0.3) is 5.91 Å². The molecule has 122 valence electrons. The predicted molar refractivity (Wildman–Crippen MR) is 86.8 cm³/mol. The van der Waals surface area contributed by atoms with Crippen LogP contribution in [0.1, 0.15) is 16.1 Å². The number of carbonyl (C=O) groups excluding carboxylic acids is 1. The van der Waals surface area contributed by atoms with Gasteiger partial charge in [0.1, 0.15) is 11.8 Å². The number of carbonyl (C=O) groups is 2. The average Bonchev–Trinajstić information content (AvgIpc) is 2.97. The Morgan fingerprint density at radius 2 is 2.00 bits per heavy atom. The van der Waals surface area contributed by atoms with Crippen LogP contribution in [0.15, 0.2) is 48.8 Å². The first-order valence-electron chi connectivity index (χ1n) is 7.29. The first-order chi connectivity index (χ1) is 11.6. The Morgan fingerprint density at radius 3 is 2.75 bits per heavy atom. The zero-order chi connectivity index (χ0) is 17.1. The third kappa shape index (κ3) is 3.05. The maximum absolute atomic E-state index is 12.2. The van der Waals surface area contributed by atoms with Gasteiger partial charge in [-0.15, -0.1) is 0 Å². The zero-order valence-corrected chi connectivity index (χ0v) is 12.6. The van der Waals surface area contributed by atoms with Gasteiger partial charge >= 0.3 is 5.97 Å². The van der Waals surface area contributed by atoms with Crippen LogP contribution in [-0.4, -0.2) is 38.1 Å². The molecule has 2 aromatic heterocycles. The van der Waals surface area contributed by atoms with Gasteiger partial charge < -0.3 is 20.5 Å². The molecule has 7 nitrogen and oxygen atoms in total. The van der Waals surface area contributed by atoms with E-state index in [1.807, 2.05) is 24.3 Å². The van der Waals surface area contributed by atoms with Gasteiger partial charge in [0.05, 0.1) is 0 Å². The molecular weight excluding hydrogens is 310 g/mol. The van der Waals surface area contributed by atoms with Crippen molar-refractivity contribution >= 4 is 22.8 Å². The molecule has 0 aliphatic heterocycles. The number of pyridine rings is 1. The summed E-state index contributed by atoms with van der Waals surface area (Å²) in [6, 6.07) is 9.16. The minimum Gasteiger partial charge on any atom is -0.505 e. The number of benzene rings is 1. The van der Waals surface area contributed by atoms with Crippen LogP contribution >= 0.6 is 0 Å². The lowest BCUT2D eigenvalue weighted by atomic mass is 10.0. The summed E-state index contributed by atoms with van der Waals surface area (Å²) in [5, 5.41) is 22.4. The standard InChI is InChI=1S/C17H15N3O4/c21-14-6-3-7-18-15(14)16(22)20-13(17(23)24)8-10-9-19-12-5-2-1-4-11(10)12/h1-7,9,13,19,21H,8H2,(H,20,22)(H,23,24)/t13-/m0/s1. The van der Waals surface area contributed by atoms with Crippen molar-refractivity contribution in [3.8, 4) is 5.75 Å². The van der Waals surface area contributed by atoms with Crippen molar-refractivity contribution in [3.63, 3.8) is 0 Å². The van der Waals surface area contributed by atoms with Crippen LogP contribution in [0.5, 0.6) is 5.75 Å². The fourth-order valence-electron chi connectivity index (χ4n) is 2.52. The van der Waals surface area contributed by atoms with Crippen LogP contribution in [0.25, 0.3) is 10.9 Å². The molecule has 3 rings (SSSR count). The second-order valence-electron chi connectivity index (χ2n) is 5.30. The lowest BCUT2D eigenvalue weighted by molar-refractivity contribution is -0.139. The molecule has 0 fully saturated rings. The van der Waals surface area contributed by atoms with E-state index in [4.69, 9.17) is 0 Å². The molecule has 0 unspecified atom stereocenters. The number of amides is 1. The Kier molecular flexibility index (Phi) is 4.15. The van der Waals surface area contributed by atoms with E-state index in [0.29, 0.717) is 0 Å². The number of aliphatic carboxylic acids is 1. The summed E-state index contributed by atoms with van der Waals surface area (Å²) in [5.41, 5.74) is 1.47. The van der Waals surface area contributed by atoms with Crippen molar-refractivity contribution in [1.82, 2.24) is 15.3 Å². The summed E-state index contributed by atoms with van der Waals surface area (Å²) in [6.45, 7) is 0. The van der Waals surface area contributed by atoms with Crippen molar-refractivity contribution in [2.24, 2.45) is 0 Å². The number of nitrogens with one attached hydrogen (secondary N) is 2. The van der Waals surface area contributed by atoms with Crippen molar-refractivity contribution in [2.75, 3.05) is 0 Å². The van der Waals surface area contributed by atoms with Gasteiger partial charge in [-0.3, -0.25) is 4.79 Å². The number of fused-ring (bicyclic) bond motifs is 1. The minimum atomic E-state index is -1.16. The topological polar surface area (TPSA) is 115 Å². The van der Waals surface area contributed by atoms with Gasteiger partial charge in [0.2, 0.25) is 0 Å². The molecule has 1 atom stereocenters. The second kappa shape index (κ2) is 6.41. The molecule has 2 heterocycles. The molecule has 1 aromatic carbocycles. The molecule has 0 saturated heterocycles. The molecule has 0 aliphatic rings. The van der Waals surface area contributed by atoms with E-state index in [1.165, 1.54) is 18.3 Å². The number of aromatic hydroxyl groups is 1. The van der Waals surface area contributed by atoms with Crippen LogP contribution in [0.4, 0.5) is 0 Å². The fraction of sp³-hybridized carbons (Fsp3) is 0.118. The van der Waals surface area contributed by atoms with E-state index in [1.54, 1.807) is 6.20 Å². The molecule has 1 amide bonds. The Labute approximate surface area is 137 Å². The van der Waals surface area contributed by atoms with E-state index in [9.17, 15) is 19.8 Å². The number of nitrogens with zero attached hydrogens (tertiary/aromatic N) is 1. The van der Waals surface area contributed by atoms with Gasteiger partial charge in [-0.1, -0.05) is 18.2 Å². The number of carboxylic acid groups (broad SMARTS) is 1. The van der Waals surface area contributed by atoms with Crippen molar-refractivity contribution in [3.05, 3.63) is 60.0 Å². The first kappa shape index (κ1) is 15.5. The lowest BCUT2D eigenvalue weighted by Crippen LogP contribution is -2.42. The molecule has 0 aliphatic carbocycles. The summed E-state index contributed by atoms with van der Waals surface area (Å²) in [4.78, 5) is 30.5. The summed E-state index contributed by atoms with van der Waals surface area (Å²) in [6.07, 6.45) is 3.19. The van der Waals surface area contributed by atoms with Crippen LogP contribution in [0.2, 0.25) is 0 Å². The maximum Gasteiger partial charge on any atom is 0.326 e. The molecule has 0 spiro atoms. The number of aromatic amines is 1. The highest BCUT2D eigenvalue weighted by atomic mass is 16.4. The smallest absolute Gasteiger partial charge is 0.326 e. The summed E-state index contributed by atoms with van der Waals surface area (Å²) in [7, 11) is 0. The zero-order valence-electron chi connectivity index (χ0n) is 12.6. The van der Waals surface area contributed by atoms with Crippen LogP contribution in [0.3, 0.4) is 0 Å². The molecule has 24 heavy (non-hydrogen) atoms. The van der Waals surface area contributed by atoms with E-state index < -0.39 is 17.9 Å². The van der Waals surface area contributed by atoms with E-state index >= 15 is 0 Å². The monoisotopic (exact) mass is 325 g/mol. The van der Waals surface area contributed by atoms with Gasteiger partial charge in [-0.05, 0) is 23.8 Å². The number of hydrogen-bond acceptors (Lipinski definition) is 4. The maximum atomic E-state index is 12.2. The molecule has 0 radical (unpaired) electrons. The van der Waals surface area contributed by atoms with Gasteiger partial charge in [0.15, 0.2) is 5.69 Å². The Morgan fingerprint density at radius 1 is 1.21 bits per heavy atom. The molecule has 0 saturated carbocycles. The number of para-hydroxylation sites is 1. The van der Waals surface area contributed by atoms with E-state index in [0.717, 1.165) is 16.5 Å². The lowest BCUT2D eigenvalue weighted by Gasteiger charge is -2.14. The van der Waals surface area contributed by atoms with Crippen molar-refractivity contribution in [2.45, 2.75) is 12.5 Å². The van der Waals surface area contributed by atoms with Gasteiger partial charge in [-0.2, -0.15) is 0 Å². The van der Waals surface area contributed by atoms with E-state index in [-0.39, 0.29) is 17.9 Å². The second-order valence-corrected chi connectivity index (χ2v) is 5.30. The number of hydrogen-bond donors (Lipinski definition) is 4. The highest BCUT2D eigenvalue weighted by Gasteiger charge is 2.24. The third-order valence-electron chi connectivity index (χ3n) is 3.70. The summed E-state index contributed by atoms with van der Waals surface area (Å²) >= 11 is 0. The Hall–Kier alpha value is -3.35. The molecule has 3 aromatic rings. The highest BCUT2D eigenvalue weighted by molar-refractivity contribution is 5.97. The average molecular weight is 325 g/mol. The van der Waals surface area contributed by atoms with Gasteiger partial charge in [-0.25, -0.2) is 9.78 Å². The van der Waals surface area contributed by atoms with Crippen LogP contribution in [0, 0.1) is 0 Å². The molecule has 4 N–H and O–H groups in total. The van der Waals surface area contributed by atoms with Crippen LogP contribution < -0.4 is 5.32 Å². The first-order valence-corrected chi connectivity index (χ1v) is 7.29. The summed E-state index contributed by atoms with van der Waals surface area (Å²) in [5.74, 6) is -2.20. The SMILES string of the molecule is O=C(N[C@@H](Cc1c[nH]c2ccccc12)C(=O)O)c1ncccc1O. The molecule has 0 bridgehead atoms. The Bertz CT molecular complexity index is 903. The number of rotatable bonds is 5. The molecule has 7 heteroatoms. The third-order valence-corrected chi connectivity index (χ3v) is 3.70. The largest absolute Gasteiger partial charge is 0.505 e. The fourth-order valence-corrected chi connectivity index (χ4v) is 2.52. The van der Waals surface area contributed by atoms with E-state index in [2.05, 4.69) is 15.3 Å². The molecular formula is C17H15N3O4. The normalized spacial score (nSPS) is 12.0. The quantitative estimate of drug-likeness (QED) is 0.570. The number of carboxylic acids is 1. The van der Waals surface area contributed by atoms with Gasteiger partial charge in [0, 0.05) is 29.7 Å². The predicted octanol–water partition coefficient (Wildman–Crippen LogP) is 1.69. The minimum absolute atomic E-state index is 0.110.